The first kappa shape index (κ1) is 30.7. The number of carboxylic acids is 2. The number of rotatable bonds is 3. The maximum Gasteiger partial charge on any atom is 1.00 e. The molecule has 0 heterocycles. The second kappa shape index (κ2) is 16.9. The minimum atomic E-state index is -2.44. The van der Waals surface area contributed by atoms with Gasteiger partial charge in [0.05, 0.1) is 11.9 Å². The summed E-state index contributed by atoms with van der Waals surface area (Å²) in [6.07, 6.45) is -4.88. The van der Waals surface area contributed by atoms with Gasteiger partial charge in [0.15, 0.2) is 0 Å². The monoisotopic (exact) mass is 376 g/mol. The van der Waals surface area contributed by atoms with Crippen LogP contribution in [0.25, 0.3) is 0 Å². The van der Waals surface area contributed by atoms with Crippen LogP contribution >= 0.6 is 0 Å². The Labute approximate surface area is 205 Å². The molecule has 0 amide bonds. The third-order valence-electron chi connectivity index (χ3n) is 0.782. The Morgan fingerprint density at radius 2 is 1.07 bits per heavy atom. The van der Waals surface area contributed by atoms with E-state index in [1.807, 2.05) is 0 Å². The number of carboxylic acid groups (broad SMARTS) is 2. The van der Waals surface area contributed by atoms with Gasteiger partial charge in [-0.25, -0.2) is 0 Å². The van der Waals surface area contributed by atoms with Crippen LogP contribution in [0.1, 0.15) is 0 Å². The maximum absolute atomic E-state index is 9.63. The van der Waals surface area contributed by atoms with E-state index in [1.165, 1.54) is 0 Å². The Kier molecular flexibility index (Phi) is 37.0. The maximum atomic E-state index is 9.63. The van der Waals surface area contributed by atoms with E-state index < -0.39 is 24.1 Å². The number of aliphatic hydroxyl groups excluding tert-OH is 2. The van der Waals surface area contributed by atoms with Crippen molar-refractivity contribution in [1.82, 2.24) is 0 Å². The molecule has 0 fully saturated rings. The van der Waals surface area contributed by atoms with Gasteiger partial charge in [-0.1, -0.05) is 0 Å². The molecule has 0 aromatic heterocycles. The van der Waals surface area contributed by atoms with E-state index in [-0.39, 0.29) is 156 Å². The zero-order chi connectivity index (χ0) is 8.31. The first-order valence-corrected chi connectivity index (χ1v) is 2.24. The number of carbonyl (C=O) groups excluding carboxylic acids is 2. The molecule has 6 nitrogen and oxygen atoms in total. The number of carbonyl (C=O) groups is 2. The van der Waals surface area contributed by atoms with Gasteiger partial charge >= 0.3 is 132 Å². The van der Waals surface area contributed by atoms with Crippen LogP contribution in [0.4, 0.5) is 0 Å². The summed E-state index contributed by atoms with van der Waals surface area (Å²) in [7, 11) is 0. The summed E-state index contributed by atoms with van der Waals surface area (Å²) in [5, 5.41) is 35.7. The zero-order valence-electron chi connectivity index (χ0n) is 8.06. The van der Waals surface area contributed by atoms with Crippen molar-refractivity contribution in [2.24, 2.45) is 0 Å². The van der Waals surface area contributed by atoms with Gasteiger partial charge < -0.3 is 54.0 Å². The van der Waals surface area contributed by atoms with Gasteiger partial charge in [-0.05, 0) is 0 Å². The van der Waals surface area contributed by atoms with Gasteiger partial charge in [0.1, 0.15) is 12.2 Å². The molecular formula is C4H4IK2NaO6. The van der Waals surface area contributed by atoms with Crippen LogP contribution in [-0.4, -0.2) is 34.4 Å². The third-order valence-corrected chi connectivity index (χ3v) is 0.782. The Hall–Kier alpha value is 3.86. The fourth-order valence-corrected chi connectivity index (χ4v) is 0.258. The summed E-state index contributed by atoms with van der Waals surface area (Å²) in [5.41, 5.74) is 0. The van der Waals surface area contributed by atoms with Crippen LogP contribution in [0.3, 0.4) is 0 Å². The first-order chi connectivity index (χ1) is 4.46. The SMILES string of the molecule is O=C([O-])C(O)C(O)C(=O)[O-].[I-].[K+].[K+].[Na+]. The van der Waals surface area contributed by atoms with Crippen molar-refractivity contribution < 1.29 is 186 Å². The average Bonchev–Trinajstić information content (AvgIpc) is 1.84. The fraction of sp³-hybridized carbons (Fsp3) is 0.500. The van der Waals surface area contributed by atoms with Crippen LogP contribution in [-0.2, 0) is 9.59 Å². The fourth-order valence-electron chi connectivity index (χ4n) is 0.258. The van der Waals surface area contributed by atoms with Crippen LogP contribution in [0.15, 0.2) is 0 Å². The van der Waals surface area contributed by atoms with Crippen molar-refractivity contribution in [3.63, 3.8) is 0 Å². The van der Waals surface area contributed by atoms with Gasteiger partial charge in [-0.3, -0.25) is 0 Å². The van der Waals surface area contributed by atoms with Gasteiger partial charge in [-0.15, -0.1) is 0 Å². The number of hydrogen-bond donors (Lipinski definition) is 2. The Balaban J connectivity index is -0.0000000675. The van der Waals surface area contributed by atoms with E-state index in [1.54, 1.807) is 0 Å². The van der Waals surface area contributed by atoms with Gasteiger partial charge in [0, 0.05) is 0 Å². The number of hydrogen-bond acceptors (Lipinski definition) is 6. The molecule has 2 unspecified atom stereocenters. The molecular weight excluding hydrogens is 372 g/mol. The molecule has 0 aliphatic heterocycles. The molecule has 0 rings (SSSR count). The van der Waals surface area contributed by atoms with E-state index in [2.05, 4.69) is 0 Å². The van der Waals surface area contributed by atoms with Crippen molar-refractivity contribution in [3.8, 4) is 0 Å². The number of halogens is 1. The van der Waals surface area contributed by atoms with Crippen molar-refractivity contribution in [1.29, 1.82) is 0 Å². The van der Waals surface area contributed by atoms with E-state index in [4.69, 9.17) is 10.2 Å². The normalized spacial score (nSPS) is 11.3. The molecule has 0 radical (unpaired) electrons. The summed E-state index contributed by atoms with van der Waals surface area (Å²) >= 11 is 0. The predicted octanol–water partition coefficient (Wildman–Crippen LogP) is -16.8. The molecule has 0 bridgehead atoms. The Morgan fingerprint density at radius 1 is 0.929 bits per heavy atom. The van der Waals surface area contributed by atoms with Crippen molar-refractivity contribution in [2.75, 3.05) is 0 Å². The molecule has 0 aliphatic rings. The smallest absolute Gasteiger partial charge is 1.00 e. The largest absolute Gasteiger partial charge is 1.00 e. The van der Waals surface area contributed by atoms with Gasteiger partial charge in [-0.2, -0.15) is 0 Å². The second-order valence-electron chi connectivity index (χ2n) is 1.53. The first-order valence-electron chi connectivity index (χ1n) is 2.24. The quantitative estimate of drug-likeness (QED) is 0.373. The van der Waals surface area contributed by atoms with Crippen LogP contribution in [0.5, 0.6) is 0 Å². The minimum Gasteiger partial charge on any atom is -1.00 e. The zero-order valence-corrected chi connectivity index (χ0v) is 18.5. The topological polar surface area (TPSA) is 121 Å². The number of aliphatic carboxylic acids is 2. The standard InChI is InChI=1S/C4H6O6.HI.2K.Na/c5-1(3(7)8)2(6)4(9)10;;;;/h1-2,5-6H,(H,7,8)(H,9,10);1H;;;/q;;3*+1/p-3. The summed E-state index contributed by atoms with van der Waals surface area (Å²) < 4.78 is 0. The summed E-state index contributed by atoms with van der Waals surface area (Å²) in [6, 6.07) is 0. The van der Waals surface area contributed by atoms with E-state index in [9.17, 15) is 19.8 Å². The van der Waals surface area contributed by atoms with Crippen molar-refractivity contribution in [3.05, 3.63) is 0 Å². The Bertz CT molecular complexity index is 152. The van der Waals surface area contributed by atoms with Crippen LogP contribution < -0.4 is 167 Å². The van der Waals surface area contributed by atoms with E-state index in [0.717, 1.165) is 0 Å². The van der Waals surface area contributed by atoms with Crippen molar-refractivity contribution in [2.45, 2.75) is 12.2 Å². The van der Waals surface area contributed by atoms with Crippen LogP contribution in [0.2, 0.25) is 0 Å². The molecule has 0 aromatic carbocycles. The molecule has 10 heteroatoms. The predicted molar refractivity (Wildman–Crippen MR) is 22.0 cm³/mol. The van der Waals surface area contributed by atoms with Gasteiger partial charge in [0.25, 0.3) is 0 Å². The van der Waals surface area contributed by atoms with Crippen LogP contribution in [0, 0.1) is 0 Å². The molecule has 2 atom stereocenters. The molecule has 0 aliphatic carbocycles. The summed E-state index contributed by atoms with van der Waals surface area (Å²) in [5.74, 6) is -4.12. The molecule has 0 saturated heterocycles. The van der Waals surface area contributed by atoms with Gasteiger partial charge in [0.2, 0.25) is 0 Å². The second-order valence-corrected chi connectivity index (χ2v) is 1.53. The van der Waals surface area contributed by atoms with E-state index >= 15 is 0 Å². The third kappa shape index (κ3) is 13.9. The molecule has 66 valence electrons. The van der Waals surface area contributed by atoms with Crippen molar-refractivity contribution >= 4 is 11.9 Å². The Morgan fingerprint density at radius 3 is 1.14 bits per heavy atom. The molecule has 2 N–H and O–H groups in total. The molecule has 0 spiro atoms. The molecule has 14 heavy (non-hydrogen) atoms. The molecule has 0 saturated carbocycles. The van der Waals surface area contributed by atoms with E-state index in [0.29, 0.717) is 0 Å². The summed E-state index contributed by atoms with van der Waals surface area (Å²) in [6.45, 7) is 0. The summed E-state index contributed by atoms with van der Waals surface area (Å²) in [4.78, 5) is 19.3. The molecule has 0 aromatic rings. The minimum absolute atomic E-state index is 0. The average molecular weight is 376 g/mol. The number of aliphatic hydroxyl groups is 2.